The molecule has 1 aromatic rings. The summed E-state index contributed by atoms with van der Waals surface area (Å²) in [5.74, 6) is 0. The van der Waals surface area contributed by atoms with Gasteiger partial charge >= 0.3 is 0 Å². The van der Waals surface area contributed by atoms with Crippen LogP contribution in [0.15, 0.2) is 15.9 Å². The second kappa shape index (κ2) is 4.79. The molecule has 3 heteroatoms. The highest BCUT2D eigenvalue weighted by atomic mass is 79.9. The molecule has 1 N–H and O–H groups in total. The van der Waals surface area contributed by atoms with Crippen LogP contribution in [0.1, 0.15) is 51.0 Å². The fraction of sp³-hybridized carbons (Fsp3) is 0.692. The lowest BCUT2D eigenvalue weighted by Gasteiger charge is -2.30. The Hall–Kier alpha value is 0.140. The Morgan fingerprint density at radius 2 is 2.31 bits per heavy atom. The van der Waals surface area contributed by atoms with Crippen molar-refractivity contribution in [1.82, 2.24) is 5.32 Å². The Labute approximate surface area is 111 Å². The minimum atomic E-state index is 0.461. The topological polar surface area (TPSA) is 12.0 Å². The van der Waals surface area contributed by atoms with Crippen LogP contribution in [0.25, 0.3) is 0 Å². The van der Waals surface area contributed by atoms with Gasteiger partial charge in [-0.3, -0.25) is 0 Å². The summed E-state index contributed by atoms with van der Waals surface area (Å²) in [6.45, 7) is 7.04. The molecule has 0 saturated heterocycles. The molecule has 1 fully saturated rings. The molecule has 1 saturated carbocycles. The Bertz CT molecular complexity index is 359. The average Bonchev–Trinajstić information content (AvgIpc) is 2.74. The van der Waals surface area contributed by atoms with Gasteiger partial charge in [0.2, 0.25) is 0 Å². The molecule has 0 amide bonds. The lowest BCUT2D eigenvalue weighted by Crippen LogP contribution is -2.38. The van der Waals surface area contributed by atoms with E-state index in [0.717, 1.165) is 0 Å². The van der Waals surface area contributed by atoms with Gasteiger partial charge in [-0.05, 0) is 47.2 Å². The zero-order valence-corrected chi connectivity index (χ0v) is 12.6. The molecule has 1 aliphatic rings. The Kier molecular flexibility index (Phi) is 3.77. The molecule has 0 aromatic carbocycles. The summed E-state index contributed by atoms with van der Waals surface area (Å²) >= 11 is 5.35. The van der Waals surface area contributed by atoms with Gasteiger partial charge in [-0.2, -0.15) is 0 Å². The molecular weight excluding hydrogens is 282 g/mol. The first-order valence-corrected chi connectivity index (χ1v) is 7.66. The third kappa shape index (κ3) is 2.69. The highest BCUT2D eigenvalue weighted by Crippen LogP contribution is 2.38. The number of rotatable bonds is 3. The van der Waals surface area contributed by atoms with E-state index in [1.807, 2.05) is 11.3 Å². The van der Waals surface area contributed by atoms with Gasteiger partial charge in [0.1, 0.15) is 0 Å². The molecule has 90 valence electrons. The van der Waals surface area contributed by atoms with Crippen LogP contribution in [0.2, 0.25) is 0 Å². The minimum absolute atomic E-state index is 0.461. The molecule has 2 unspecified atom stereocenters. The molecule has 16 heavy (non-hydrogen) atoms. The van der Waals surface area contributed by atoms with Crippen LogP contribution in [0.3, 0.4) is 0 Å². The van der Waals surface area contributed by atoms with E-state index in [-0.39, 0.29) is 0 Å². The first-order chi connectivity index (χ1) is 7.49. The maximum atomic E-state index is 3.79. The summed E-state index contributed by atoms with van der Waals surface area (Å²) < 4.78 is 1.20. The number of hydrogen-bond donors (Lipinski definition) is 1. The normalized spacial score (nSPS) is 25.9. The molecule has 1 aliphatic carbocycles. The first-order valence-electron chi connectivity index (χ1n) is 5.99. The van der Waals surface area contributed by atoms with Crippen LogP contribution in [0.4, 0.5) is 0 Å². The zero-order chi connectivity index (χ0) is 11.8. The Morgan fingerprint density at radius 1 is 1.56 bits per heavy atom. The molecule has 0 spiro atoms. The predicted octanol–water partition coefficient (Wildman–Crippen LogP) is 4.74. The molecule has 0 bridgehead atoms. The number of hydrogen-bond acceptors (Lipinski definition) is 2. The quantitative estimate of drug-likeness (QED) is 0.850. The van der Waals surface area contributed by atoms with Crippen molar-refractivity contribution in [3.05, 3.63) is 20.8 Å². The van der Waals surface area contributed by atoms with Gasteiger partial charge in [0.15, 0.2) is 0 Å². The number of thiophene rings is 1. The van der Waals surface area contributed by atoms with E-state index in [4.69, 9.17) is 0 Å². The van der Waals surface area contributed by atoms with Gasteiger partial charge < -0.3 is 5.32 Å². The van der Waals surface area contributed by atoms with E-state index >= 15 is 0 Å². The Balaban J connectivity index is 1.99. The fourth-order valence-electron chi connectivity index (χ4n) is 2.57. The van der Waals surface area contributed by atoms with Crippen molar-refractivity contribution < 1.29 is 0 Å². The second-order valence-corrected chi connectivity index (χ2v) is 7.35. The smallest absolute Gasteiger partial charge is 0.0388 e. The molecule has 1 nitrogen and oxygen atoms in total. The van der Waals surface area contributed by atoms with Crippen LogP contribution in [-0.2, 0) is 0 Å². The van der Waals surface area contributed by atoms with Crippen LogP contribution >= 0.6 is 27.3 Å². The summed E-state index contributed by atoms with van der Waals surface area (Å²) in [5, 5.41) is 5.95. The summed E-state index contributed by atoms with van der Waals surface area (Å²) in [6.07, 6.45) is 4.04. The maximum Gasteiger partial charge on any atom is 0.0388 e. The molecule has 0 aliphatic heterocycles. The van der Waals surface area contributed by atoms with E-state index in [9.17, 15) is 0 Å². The third-order valence-electron chi connectivity index (χ3n) is 3.72. The van der Waals surface area contributed by atoms with E-state index in [0.29, 0.717) is 17.5 Å². The van der Waals surface area contributed by atoms with E-state index < -0.39 is 0 Å². The lowest BCUT2D eigenvalue weighted by molar-refractivity contribution is 0.267. The monoisotopic (exact) mass is 301 g/mol. The average molecular weight is 302 g/mol. The Morgan fingerprint density at radius 3 is 2.81 bits per heavy atom. The van der Waals surface area contributed by atoms with Crippen molar-refractivity contribution in [1.29, 1.82) is 0 Å². The predicted molar refractivity (Wildman–Crippen MR) is 75.0 cm³/mol. The lowest BCUT2D eigenvalue weighted by atomic mass is 9.87. The van der Waals surface area contributed by atoms with Gasteiger partial charge in [-0.25, -0.2) is 0 Å². The molecule has 1 aromatic heterocycles. The van der Waals surface area contributed by atoms with Crippen LogP contribution in [0.5, 0.6) is 0 Å². The summed E-state index contributed by atoms with van der Waals surface area (Å²) in [7, 11) is 0. The van der Waals surface area contributed by atoms with E-state index in [1.54, 1.807) is 0 Å². The first kappa shape index (κ1) is 12.6. The number of halogens is 1. The third-order valence-corrected chi connectivity index (χ3v) is 5.60. The second-order valence-electron chi connectivity index (χ2n) is 5.49. The summed E-state index contributed by atoms with van der Waals surface area (Å²) in [6, 6.07) is 3.37. The maximum absolute atomic E-state index is 3.79. The number of nitrogens with one attached hydrogen (secondary N) is 1. The van der Waals surface area contributed by atoms with Crippen molar-refractivity contribution >= 4 is 27.3 Å². The molecule has 2 rings (SSSR count). The molecule has 0 radical (unpaired) electrons. The van der Waals surface area contributed by atoms with Gasteiger partial charge in [-0.1, -0.05) is 20.3 Å². The van der Waals surface area contributed by atoms with Crippen molar-refractivity contribution in [3.8, 4) is 0 Å². The van der Waals surface area contributed by atoms with Crippen LogP contribution < -0.4 is 5.32 Å². The van der Waals surface area contributed by atoms with E-state index in [2.05, 4.69) is 53.5 Å². The van der Waals surface area contributed by atoms with E-state index in [1.165, 1.54) is 28.6 Å². The van der Waals surface area contributed by atoms with Crippen molar-refractivity contribution in [2.75, 3.05) is 0 Å². The van der Waals surface area contributed by atoms with Gasteiger partial charge in [0.25, 0.3) is 0 Å². The SMILES string of the molecule is CC(NC1CCCC1(C)C)c1cc(Br)cs1. The largest absolute Gasteiger partial charge is 0.306 e. The molecule has 1 heterocycles. The minimum Gasteiger partial charge on any atom is -0.306 e. The molecular formula is C13H20BrNS. The van der Waals surface area contributed by atoms with Gasteiger partial charge in [-0.15, -0.1) is 11.3 Å². The van der Waals surface area contributed by atoms with Crippen molar-refractivity contribution in [2.45, 2.75) is 52.1 Å². The zero-order valence-electron chi connectivity index (χ0n) is 10.2. The fourth-order valence-corrected chi connectivity index (χ4v) is 4.04. The summed E-state index contributed by atoms with van der Waals surface area (Å²) in [4.78, 5) is 1.43. The van der Waals surface area contributed by atoms with Crippen molar-refractivity contribution in [3.63, 3.8) is 0 Å². The van der Waals surface area contributed by atoms with Gasteiger partial charge in [0, 0.05) is 26.8 Å². The van der Waals surface area contributed by atoms with Crippen LogP contribution in [-0.4, -0.2) is 6.04 Å². The highest BCUT2D eigenvalue weighted by molar-refractivity contribution is 9.10. The van der Waals surface area contributed by atoms with Crippen LogP contribution in [0, 0.1) is 5.41 Å². The summed E-state index contributed by atoms with van der Waals surface area (Å²) in [5.41, 5.74) is 0.461. The van der Waals surface area contributed by atoms with Gasteiger partial charge in [0.05, 0.1) is 0 Å². The molecule has 2 atom stereocenters. The highest BCUT2D eigenvalue weighted by Gasteiger charge is 2.35. The standard InChI is InChI=1S/C13H20BrNS/c1-9(11-7-10(14)8-16-11)15-12-5-4-6-13(12,2)3/h7-9,12,15H,4-6H2,1-3H3. The van der Waals surface area contributed by atoms with Crippen molar-refractivity contribution in [2.24, 2.45) is 5.41 Å².